The zero-order valence-electron chi connectivity index (χ0n) is 16.0. The van der Waals surface area contributed by atoms with Crippen LogP contribution >= 0.6 is 11.3 Å². The van der Waals surface area contributed by atoms with Gasteiger partial charge in [-0.05, 0) is 32.8 Å². The Morgan fingerprint density at radius 1 is 1.36 bits per heavy atom. The molecular weight excluding hydrogens is 378 g/mol. The van der Waals surface area contributed by atoms with E-state index in [1.807, 2.05) is 20.0 Å². The molecule has 0 saturated heterocycles. The molecule has 9 heteroatoms. The normalized spacial score (nSPS) is 13.7. The molecule has 1 aliphatic rings. The maximum absolute atomic E-state index is 13.0. The van der Waals surface area contributed by atoms with Gasteiger partial charge < -0.3 is 4.74 Å². The third-order valence-corrected chi connectivity index (χ3v) is 5.44. The van der Waals surface area contributed by atoms with Crippen molar-refractivity contribution in [1.82, 2.24) is 19.7 Å². The van der Waals surface area contributed by atoms with E-state index in [1.165, 1.54) is 11.3 Å². The van der Waals surface area contributed by atoms with E-state index >= 15 is 0 Å². The molecule has 0 aromatic carbocycles. The molecule has 3 aromatic heterocycles. The van der Waals surface area contributed by atoms with Gasteiger partial charge >= 0.3 is 5.97 Å². The summed E-state index contributed by atoms with van der Waals surface area (Å²) in [7, 11) is 1.84. The number of rotatable bonds is 6. The van der Waals surface area contributed by atoms with Gasteiger partial charge in [-0.1, -0.05) is 0 Å². The first-order valence-corrected chi connectivity index (χ1v) is 10.1. The smallest absolute Gasteiger partial charge is 0.311 e. The summed E-state index contributed by atoms with van der Waals surface area (Å²) in [6.07, 6.45) is 2.29. The molecule has 3 heterocycles. The number of aromatic nitrogens is 4. The highest BCUT2D eigenvalue weighted by atomic mass is 32.1. The van der Waals surface area contributed by atoms with Gasteiger partial charge in [0.2, 0.25) is 0 Å². The Morgan fingerprint density at radius 2 is 2.14 bits per heavy atom. The lowest BCUT2D eigenvalue weighted by atomic mass is 10.1. The number of aryl methyl sites for hydroxylation is 2. The third-order valence-electron chi connectivity index (χ3n) is 4.63. The summed E-state index contributed by atoms with van der Waals surface area (Å²) in [5.41, 5.74) is 3.55. The van der Waals surface area contributed by atoms with E-state index in [-0.39, 0.29) is 18.3 Å². The van der Waals surface area contributed by atoms with Crippen LogP contribution < -0.4 is 5.32 Å². The van der Waals surface area contributed by atoms with E-state index in [2.05, 4.69) is 15.4 Å². The van der Waals surface area contributed by atoms with Crippen molar-refractivity contribution in [3.8, 4) is 0 Å². The second kappa shape index (κ2) is 7.31. The summed E-state index contributed by atoms with van der Waals surface area (Å²) in [4.78, 5) is 33.7. The summed E-state index contributed by atoms with van der Waals surface area (Å²) in [5.74, 6) is -0.161. The molecule has 0 spiro atoms. The Balaban J connectivity index is 1.61. The van der Waals surface area contributed by atoms with Gasteiger partial charge in [0.1, 0.15) is 0 Å². The first-order valence-electron chi connectivity index (χ1n) is 9.22. The SMILES string of the molecule is CCOC(=O)Cc1csc(NC(=O)c2cc(C3CC3)nc3c2c(C)nn3C)n1. The van der Waals surface area contributed by atoms with Gasteiger partial charge in [-0.15, -0.1) is 11.3 Å². The van der Waals surface area contributed by atoms with Crippen LogP contribution in [0.1, 0.15) is 53.1 Å². The van der Waals surface area contributed by atoms with Crippen LogP contribution in [0, 0.1) is 6.92 Å². The first-order chi connectivity index (χ1) is 13.5. The maximum Gasteiger partial charge on any atom is 0.311 e. The number of amides is 1. The number of nitrogens with one attached hydrogen (secondary N) is 1. The number of carbonyl (C=O) groups is 2. The fourth-order valence-electron chi connectivity index (χ4n) is 3.20. The number of ether oxygens (including phenoxy) is 1. The van der Waals surface area contributed by atoms with E-state index in [4.69, 9.17) is 9.72 Å². The largest absolute Gasteiger partial charge is 0.466 e. The maximum atomic E-state index is 13.0. The number of fused-ring (bicyclic) bond motifs is 1. The lowest BCUT2D eigenvalue weighted by Crippen LogP contribution is -2.14. The van der Waals surface area contributed by atoms with Crippen LogP contribution in [-0.4, -0.2) is 38.2 Å². The second-order valence-electron chi connectivity index (χ2n) is 6.86. The van der Waals surface area contributed by atoms with Gasteiger partial charge in [0, 0.05) is 24.0 Å². The van der Waals surface area contributed by atoms with Crippen molar-refractivity contribution in [2.45, 2.75) is 39.0 Å². The Morgan fingerprint density at radius 3 is 2.86 bits per heavy atom. The van der Waals surface area contributed by atoms with Crippen molar-refractivity contribution in [2.75, 3.05) is 11.9 Å². The predicted octanol–water partition coefficient (Wildman–Crippen LogP) is 2.97. The number of carbonyl (C=O) groups excluding carboxylic acids is 2. The molecule has 3 aromatic rings. The number of hydrogen-bond donors (Lipinski definition) is 1. The monoisotopic (exact) mass is 399 g/mol. The number of anilines is 1. The van der Waals surface area contributed by atoms with Gasteiger partial charge in [-0.3, -0.25) is 19.6 Å². The van der Waals surface area contributed by atoms with Crippen molar-refractivity contribution in [1.29, 1.82) is 0 Å². The zero-order valence-corrected chi connectivity index (χ0v) is 16.8. The van der Waals surface area contributed by atoms with Crippen LogP contribution in [0.15, 0.2) is 11.4 Å². The van der Waals surface area contributed by atoms with Crippen LogP contribution in [0.3, 0.4) is 0 Å². The molecule has 1 fully saturated rings. The Kier molecular flexibility index (Phi) is 4.84. The minimum absolute atomic E-state index is 0.0905. The summed E-state index contributed by atoms with van der Waals surface area (Å²) < 4.78 is 6.65. The van der Waals surface area contributed by atoms with E-state index in [0.29, 0.717) is 34.6 Å². The molecule has 1 saturated carbocycles. The molecule has 0 bridgehead atoms. The zero-order chi connectivity index (χ0) is 19.8. The number of nitrogens with zero attached hydrogens (tertiary/aromatic N) is 4. The number of hydrogen-bond acceptors (Lipinski definition) is 7. The topological polar surface area (TPSA) is 99.0 Å². The summed E-state index contributed by atoms with van der Waals surface area (Å²) in [6, 6.07) is 1.87. The van der Waals surface area contributed by atoms with Crippen molar-refractivity contribution in [3.05, 3.63) is 34.1 Å². The molecule has 0 aliphatic heterocycles. The van der Waals surface area contributed by atoms with Gasteiger partial charge in [0.15, 0.2) is 10.8 Å². The van der Waals surface area contributed by atoms with Crippen molar-refractivity contribution < 1.29 is 14.3 Å². The minimum atomic E-state index is -0.332. The van der Waals surface area contributed by atoms with Crippen molar-refractivity contribution >= 4 is 39.4 Å². The molecule has 0 unspecified atom stereocenters. The average molecular weight is 399 g/mol. The molecule has 0 atom stereocenters. The Bertz CT molecular complexity index is 1070. The van der Waals surface area contributed by atoms with Gasteiger partial charge in [-0.2, -0.15) is 5.10 Å². The molecule has 146 valence electrons. The van der Waals surface area contributed by atoms with Crippen LogP contribution in [0.4, 0.5) is 5.13 Å². The molecule has 1 aliphatic carbocycles. The van der Waals surface area contributed by atoms with Crippen molar-refractivity contribution in [3.63, 3.8) is 0 Å². The third kappa shape index (κ3) is 3.62. The highest BCUT2D eigenvalue weighted by Gasteiger charge is 2.28. The second-order valence-corrected chi connectivity index (χ2v) is 7.71. The van der Waals surface area contributed by atoms with Gasteiger partial charge in [0.05, 0.1) is 35.4 Å². The number of esters is 1. The highest BCUT2D eigenvalue weighted by molar-refractivity contribution is 7.14. The van der Waals surface area contributed by atoms with Gasteiger partial charge in [0.25, 0.3) is 5.91 Å². The van der Waals surface area contributed by atoms with Crippen LogP contribution in [-0.2, 0) is 23.0 Å². The molecule has 28 heavy (non-hydrogen) atoms. The fraction of sp³-hybridized carbons (Fsp3) is 0.421. The van der Waals surface area contributed by atoms with Crippen LogP contribution in [0.25, 0.3) is 11.0 Å². The van der Waals surface area contributed by atoms with Gasteiger partial charge in [-0.25, -0.2) is 9.97 Å². The highest BCUT2D eigenvalue weighted by Crippen LogP contribution is 2.40. The predicted molar refractivity (Wildman–Crippen MR) is 106 cm³/mol. The van der Waals surface area contributed by atoms with Crippen molar-refractivity contribution in [2.24, 2.45) is 7.05 Å². The Labute approximate surface area is 165 Å². The molecule has 8 nitrogen and oxygen atoms in total. The average Bonchev–Trinajstić information content (AvgIpc) is 3.35. The van der Waals surface area contributed by atoms with Crippen LogP contribution in [0.5, 0.6) is 0 Å². The number of thiazole rings is 1. The fourth-order valence-corrected chi connectivity index (χ4v) is 3.91. The summed E-state index contributed by atoms with van der Waals surface area (Å²) in [6.45, 7) is 3.97. The van der Waals surface area contributed by atoms with E-state index in [9.17, 15) is 9.59 Å². The number of pyridine rings is 1. The van der Waals surface area contributed by atoms with Crippen LogP contribution in [0.2, 0.25) is 0 Å². The summed E-state index contributed by atoms with van der Waals surface area (Å²) in [5, 5.41) is 10.2. The molecule has 0 radical (unpaired) electrons. The lowest BCUT2D eigenvalue weighted by Gasteiger charge is -2.07. The van der Waals surface area contributed by atoms with E-state index in [1.54, 1.807) is 17.0 Å². The minimum Gasteiger partial charge on any atom is -0.466 e. The van der Waals surface area contributed by atoms with E-state index in [0.717, 1.165) is 29.6 Å². The standard InChI is InChI=1S/C19H21N5O3S/c1-4-27-15(25)7-12-9-28-19(20-12)22-18(26)13-8-14(11-5-6-11)21-17-16(13)10(2)23-24(17)3/h8-9,11H,4-7H2,1-3H3,(H,20,22,26). The Hall–Kier alpha value is -2.81. The van der Waals surface area contributed by atoms with E-state index < -0.39 is 0 Å². The lowest BCUT2D eigenvalue weighted by molar-refractivity contribution is -0.142. The molecule has 1 amide bonds. The summed E-state index contributed by atoms with van der Waals surface area (Å²) >= 11 is 1.28. The quantitative estimate of drug-likeness (QED) is 0.640. The molecule has 1 N–H and O–H groups in total. The molecular formula is C19H21N5O3S. The first kappa shape index (κ1) is 18.5. The molecule has 4 rings (SSSR count).